The van der Waals surface area contributed by atoms with Gasteiger partial charge in [0, 0.05) is 11.9 Å². The van der Waals surface area contributed by atoms with Crippen LogP contribution in [0.2, 0.25) is 0 Å². The first-order valence-corrected chi connectivity index (χ1v) is 6.47. The molecule has 3 nitrogen and oxygen atoms in total. The number of hydrogen-bond acceptors (Lipinski definition) is 2. The lowest BCUT2D eigenvalue weighted by Crippen LogP contribution is -2.10. The first kappa shape index (κ1) is 11.9. The van der Waals surface area contributed by atoms with Crippen molar-refractivity contribution in [3.05, 3.63) is 59.8 Å². The Bertz CT molecular complexity index is 713. The largest absolute Gasteiger partial charge is 0.316 e. The molecule has 1 N–H and O–H groups in total. The summed E-state index contributed by atoms with van der Waals surface area (Å²) in [5.74, 6) is 0. The summed E-state index contributed by atoms with van der Waals surface area (Å²) in [5, 5.41) is 8.91. The van der Waals surface area contributed by atoms with E-state index >= 15 is 0 Å². The van der Waals surface area contributed by atoms with Crippen molar-refractivity contribution in [3.63, 3.8) is 0 Å². The zero-order valence-electron chi connectivity index (χ0n) is 11.2. The highest BCUT2D eigenvalue weighted by atomic mass is 15.3. The third kappa shape index (κ3) is 2.13. The van der Waals surface area contributed by atoms with Gasteiger partial charge < -0.3 is 5.32 Å². The quantitative estimate of drug-likeness (QED) is 0.775. The van der Waals surface area contributed by atoms with Gasteiger partial charge >= 0.3 is 0 Å². The Kier molecular flexibility index (Phi) is 3.05. The maximum atomic E-state index is 4.53. The third-order valence-corrected chi connectivity index (χ3v) is 3.31. The van der Waals surface area contributed by atoms with Gasteiger partial charge in [0.25, 0.3) is 0 Å². The second-order valence-electron chi connectivity index (χ2n) is 4.78. The topological polar surface area (TPSA) is 29.9 Å². The smallest absolute Gasteiger partial charge is 0.0741 e. The standard InChI is InChI=1S/C16H17N3/c1-12-7-8-16(14(9-12)10-17-2)19-15-6-4-3-5-13(15)11-18-19/h3-9,11,17H,10H2,1-2H3. The highest BCUT2D eigenvalue weighted by molar-refractivity contribution is 5.80. The van der Waals surface area contributed by atoms with Crippen LogP contribution in [0.5, 0.6) is 0 Å². The van der Waals surface area contributed by atoms with Gasteiger partial charge in [0.1, 0.15) is 0 Å². The Labute approximate surface area is 112 Å². The van der Waals surface area contributed by atoms with Gasteiger partial charge in [-0.25, -0.2) is 4.68 Å². The van der Waals surface area contributed by atoms with Crippen molar-refractivity contribution in [2.75, 3.05) is 7.05 Å². The number of aromatic nitrogens is 2. The van der Waals surface area contributed by atoms with Crippen molar-refractivity contribution >= 4 is 10.9 Å². The minimum Gasteiger partial charge on any atom is -0.316 e. The van der Waals surface area contributed by atoms with Crippen molar-refractivity contribution in [1.82, 2.24) is 15.1 Å². The molecular weight excluding hydrogens is 234 g/mol. The molecule has 96 valence electrons. The molecule has 2 aromatic carbocycles. The normalized spacial score (nSPS) is 11.1. The minimum absolute atomic E-state index is 0.838. The Balaban J connectivity index is 2.21. The van der Waals surface area contributed by atoms with Gasteiger partial charge in [0.2, 0.25) is 0 Å². The highest BCUT2D eigenvalue weighted by Gasteiger charge is 2.08. The van der Waals surface area contributed by atoms with Crippen LogP contribution in [-0.4, -0.2) is 16.8 Å². The van der Waals surface area contributed by atoms with Gasteiger partial charge in [0.15, 0.2) is 0 Å². The Morgan fingerprint density at radius 2 is 2.00 bits per heavy atom. The van der Waals surface area contributed by atoms with Crippen molar-refractivity contribution < 1.29 is 0 Å². The number of nitrogens with one attached hydrogen (secondary N) is 1. The summed E-state index contributed by atoms with van der Waals surface area (Å²) < 4.78 is 2.02. The van der Waals surface area contributed by atoms with Crippen LogP contribution in [-0.2, 0) is 6.54 Å². The van der Waals surface area contributed by atoms with E-state index < -0.39 is 0 Å². The molecule has 0 aliphatic rings. The molecule has 0 radical (unpaired) electrons. The molecular formula is C16H17N3. The molecule has 3 heteroatoms. The molecule has 1 aromatic heterocycles. The molecule has 19 heavy (non-hydrogen) atoms. The van der Waals surface area contributed by atoms with Gasteiger partial charge in [0.05, 0.1) is 17.4 Å². The molecule has 0 atom stereocenters. The zero-order chi connectivity index (χ0) is 13.2. The molecule has 0 aliphatic heterocycles. The van der Waals surface area contributed by atoms with Crippen molar-refractivity contribution in [3.8, 4) is 5.69 Å². The van der Waals surface area contributed by atoms with E-state index in [4.69, 9.17) is 0 Å². The molecule has 0 spiro atoms. The zero-order valence-corrected chi connectivity index (χ0v) is 11.2. The lowest BCUT2D eigenvalue weighted by atomic mass is 10.1. The van der Waals surface area contributed by atoms with Crippen LogP contribution in [0.4, 0.5) is 0 Å². The van der Waals surface area contributed by atoms with Gasteiger partial charge in [-0.3, -0.25) is 0 Å². The van der Waals surface area contributed by atoms with Crippen molar-refractivity contribution in [2.45, 2.75) is 13.5 Å². The molecule has 3 rings (SSSR count). The molecule has 0 unspecified atom stereocenters. The van der Waals surface area contributed by atoms with Crippen LogP contribution in [0.25, 0.3) is 16.6 Å². The van der Waals surface area contributed by atoms with Crippen molar-refractivity contribution in [2.24, 2.45) is 0 Å². The van der Waals surface area contributed by atoms with Gasteiger partial charge in [-0.1, -0.05) is 35.9 Å². The van der Waals surface area contributed by atoms with E-state index in [1.807, 2.05) is 30.1 Å². The van der Waals surface area contributed by atoms with E-state index in [1.54, 1.807) is 0 Å². The van der Waals surface area contributed by atoms with Crippen LogP contribution in [0, 0.1) is 6.92 Å². The van der Waals surface area contributed by atoms with Gasteiger partial charge in [-0.15, -0.1) is 0 Å². The molecule has 0 saturated carbocycles. The van der Waals surface area contributed by atoms with E-state index in [0.29, 0.717) is 0 Å². The number of benzene rings is 2. The average molecular weight is 251 g/mol. The average Bonchev–Trinajstić information content (AvgIpc) is 2.83. The van der Waals surface area contributed by atoms with E-state index in [0.717, 1.165) is 17.7 Å². The summed E-state index contributed by atoms with van der Waals surface area (Å²) in [6.45, 7) is 2.95. The predicted octanol–water partition coefficient (Wildman–Crippen LogP) is 3.05. The fraction of sp³-hybridized carbons (Fsp3) is 0.188. The summed E-state index contributed by atoms with van der Waals surface area (Å²) in [5.41, 5.74) is 4.81. The fourth-order valence-electron chi connectivity index (χ4n) is 2.42. The lowest BCUT2D eigenvalue weighted by Gasteiger charge is -2.11. The van der Waals surface area contributed by atoms with Crippen molar-refractivity contribution in [1.29, 1.82) is 0 Å². The van der Waals surface area contributed by atoms with E-state index in [9.17, 15) is 0 Å². The number of aryl methyl sites for hydroxylation is 1. The third-order valence-electron chi connectivity index (χ3n) is 3.31. The Hall–Kier alpha value is -2.13. The Morgan fingerprint density at radius 1 is 1.16 bits per heavy atom. The molecule has 0 amide bonds. The second-order valence-corrected chi connectivity index (χ2v) is 4.78. The summed E-state index contributed by atoms with van der Waals surface area (Å²) in [6, 6.07) is 14.8. The van der Waals surface area contributed by atoms with Crippen LogP contribution in [0.1, 0.15) is 11.1 Å². The van der Waals surface area contributed by atoms with Crippen LogP contribution < -0.4 is 5.32 Å². The molecule has 0 saturated heterocycles. The second kappa shape index (κ2) is 4.86. The summed E-state index contributed by atoms with van der Waals surface area (Å²) in [7, 11) is 1.97. The van der Waals surface area contributed by atoms with E-state index in [2.05, 4.69) is 47.7 Å². The number of rotatable bonds is 3. The van der Waals surface area contributed by atoms with Crippen LogP contribution in [0.15, 0.2) is 48.7 Å². The fourth-order valence-corrected chi connectivity index (χ4v) is 2.42. The first-order chi connectivity index (χ1) is 9.29. The number of nitrogens with zero attached hydrogens (tertiary/aromatic N) is 2. The number of hydrogen-bond donors (Lipinski definition) is 1. The SMILES string of the molecule is CNCc1cc(C)ccc1-n1ncc2ccccc21. The van der Waals surface area contributed by atoms with Crippen LogP contribution in [0.3, 0.4) is 0 Å². The minimum atomic E-state index is 0.838. The maximum absolute atomic E-state index is 4.53. The van der Waals surface area contributed by atoms with E-state index in [-0.39, 0.29) is 0 Å². The molecule has 0 fully saturated rings. The first-order valence-electron chi connectivity index (χ1n) is 6.47. The summed E-state index contributed by atoms with van der Waals surface area (Å²) >= 11 is 0. The number of para-hydroxylation sites is 1. The highest BCUT2D eigenvalue weighted by Crippen LogP contribution is 2.21. The monoisotopic (exact) mass is 251 g/mol. The predicted molar refractivity (Wildman–Crippen MR) is 78.6 cm³/mol. The van der Waals surface area contributed by atoms with Gasteiger partial charge in [-0.2, -0.15) is 5.10 Å². The molecule has 1 heterocycles. The summed E-state index contributed by atoms with van der Waals surface area (Å²) in [6.07, 6.45) is 1.92. The Morgan fingerprint density at radius 3 is 2.84 bits per heavy atom. The van der Waals surface area contributed by atoms with Gasteiger partial charge in [-0.05, 0) is 31.7 Å². The summed E-state index contributed by atoms with van der Waals surface area (Å²) in [4.78, 5) is 0. The van der Waals surface area contributed by atoms with E-state index in [1.165, 1.54) is 16.5 Å². The van der Waals surface area contributed by atoms with Crippen LogP contribution >= 0.6 is 0 Å². The molecule has 0 bridgehead atoms. The number of fused-ring (bicyclic) bond motifs is 1. The molecule has 0 aliphatic carbocycles. The maximum Gasteiger partial charge on any atom is 0.0741 e. The molecule has 3 aromatic rings. The lowest BCUT2D eigenvalue weighted by molar-refractivity contribution is 0.794.